The minimum absolute atomic E-state index is 0.0793. The van der Waals surface area contributed by atoms with Crippen molar-refractivity contribution in [2.24, 2.45) is 0 Å². The van der Waals surface area contributed by atoms with Gasteiger partial charge in [-0.1, -0.05) is 75.8 Å². The van der Waals surface area contributed by atoms with Gasteiger partial charge in [0.25, 0.3) is 5.56 Å². The number of rotatable bonds is 7. The molecule has 172 valence electrons. The molecule has 0 aliphatic rings. The van der Waals surface area contributed by atoms with Crippen LogP contribution in [0.25, 0.3) is 22.4 Å². The molecule has 7 heteroatoms. The Balaban J connectivity index is 1.63. The Kier molecular flexibility index (Phi) is 6.51. The predicted molar refractivity (Wildman–Crippen MR) is 133 cm³/mol. The number of thiazole rings is 1. The highest BCUT2D eigenvalue weighted by atomic mass is 32.1. The van der Waals surface area contributed by atoms with Crippen LogP contribution in [-0.2, 0) is 5.41 Å². The number of nitrogens with zero attached hydrogens (tertiary/aromatic N) is 3. The Bertz CT molecular complexity index is 1370. The molecule has 0 N–H and O–H groups in total. The number of hydrogen-bond donors (Lipinski definition) is 0. The fraction of sp³-hybridized carbons (Fsp3) is 0.346. The second kappa shape index (κ2) is 9.35. The third-order valence-corrected chi connectivity index (χ3v) is 6.39. The lowest BCUT2D eigenvalue weighted by atomic mass is 9.87. The van der Waals surface area contributed by atoms with Crippen LogP contribution in [0.5, 0.6) is 11.5 Å². The van der Waals surface area contributed by atoms with Crippen molar-refractivity contribution in [2.45, 2.75) is 46.0 Å². The lowest BCUT2D eigenvalue weighted by molar-refractivity contribution is 0.288. The molecule has 0 amide bonds. The molecule has 0 fully saturated rings. The minimum atomic E-state index is -0.178. The normalized spacial score (nSPS) is 12.5. The molecule has 2 heterocycles. The van der Waals surface area contributed by atoms with Crippen molar-refractivity contribution < 1.29 is 9.47 Å². The highest BCUT2D eigenvalue weighted by Crippen LogP contribution is 2.29. The molecule has 0 radical (unpaired) electrons. The molecule has 2 aromatic carbocycles. The fourth-order valence-electron chi connectivity index (χ4n) is 3.45. The molecule has 0 unspecified atom stereocenters. The van der Waals surface area contributed by atoms with Crippen LogP contribution < -0.4 is 19.6 Å². The molecule has 2 aromatic heterocycles. The number of benzene rings is 2. The Hall–Kier alpha value is -3.19. The third-order valence-electron chi connectivity index (χ3n) is 5.43. The van der Waals surface area contributed by atoms with Gasteiger partial charge in [-0.3, -0.25) is 4.79 Å². The van der Waals surface area contributed by atoms with Gasteiger partial charge in [-0.2, -0.15) is 9.50 Å². The van der Waals surface area contributed by atoms with Crippen LogP contribution in [0.15, 0.2) is 47.3 Å². The monoisotopic (exact) mass is 463 g/mol. The summed E-state index contributed by atoms with van der Waals surface area (Å²) in [7, 11) is 1.61. The highest BCUT2D eigenvalue weighted by Gasteiger charge is 2.16. The minimum Gasteiger partial charge on any atom is -0.493 e. The van der Waals surface area contributed by atoms with Crippen LogP contribution in [0.3, 0.4) is 0 Å². The van der Waals surface area contributed by atoms with Gasteiger partial charge in [0.05, 0.1) is 18.2 Å². The van der Waals surface area contributed by atoms with E-state index in [9.17, 15) is 4.79 Å². The van der Waals surface area contributed by atoms with E-state index in [4.69, 9.17) is 9.47 Å². The zero-order chi connectivity index (χ0) is 23.6. The van der Waals surface area contributed by atoms with Gasteiger partial charge in [-0.25, -0.2) is 0 Å². The van der Waals surface area contributed by atoms with E-state index < -0.39 is 0 Å². The summed E-state index contributed by atoms with van der Waals surface area (Å²) in [5, 5.41) is 4.47. The molecule has 0 aliphatic carbocycles. The number of ether oxygens (including phenoxy) is 2. The molecular formula is C26H29N3O3S. The smallest absolute Gasteiger partial charge is 0.291 e. The maximum atomic E-state index is 12.9. The van der Waals surface area contributed by atoms with Crippen LogP contribution in [0.2, 0.25) is 0 Å². The summed E-state index contributed by atoms with van der Waals surface area (Å²) in [5.41, 5.74) is 2.89. The van der Waals surface area contributed by atoms with Gasteiger partial charge in [0.15, 0.2) is 17.3 Å². The van der Waals surface area contributed by atoms with Crippen molar-refractivity contribution in [1.82, 2.24) is 14.6 Å². The summed E-state index contributed by atoms with van der Waals surface area (Å²) in [5.74, 6) is 1.91. The molecular weight excluding hydrogens is 434 g/mol. The predicted octanol–water partition coefficient (Wildman–Crippen LogP) is 4.85. The molecule has 33 heavy (non-hydrogen) atoms. The van der Waals surface area contributed by atoms with Gasteiger partial charge in [0, 0.05) is 5.56 Å². The van der Waals surface area contributed by atoms with Gasteiger partial charge < -0.3 is 9.47 Å². The molecule has 4 rings (SSSR count). The molecule has 0 aliphatic heterocycles. The largest absolute Gasteiger partial charge is 0.493 e. The number of unbranched alkanes of at least 4 members (excludes halogenated alkanes) is 1. The van der Waals surface area contributed by atoms with E-state index in [1.807, 2.05) is 36.4 Å². The molecule has 6 nitrogen and oxygen atoms in total. The lowest BCUT2D eigenvalue weighted by Gasteiger charge is -2.18. The second-order valence-electron chi connectivity index (χ2n) is 8.99. The second-order valence-corrected chi connectivity index (χ2v) is 9.99. The van der Waals surface area contributed by atoms with Crippen molar-refractivity contribution in [2.75, 3.05) is 13.7 Å². The van der Waals surface area contributed by atoms with E-state index in [1.165, 1.54) is 21.4 Å². The van der Waals surface area contributed by atoms with Crippen molar-refractivity contribution in [3.8, 4) is 22.9 Å². The Morgan fingerprint density at radius 3 is 2.48 bits per heavy atom. The van der Waals surface area contributed by atoms with Crippen molar-refractivity contribution in [3.05, 3.63) is 68.5 Å². The fourth-order valence-corrected chi connectivity index (χ4v) is 4.35. The molecule has 0 bridgehead atoms. The van der Waals surface area contributed by atoms with Gasteiger partial charge in [0.2, 0.25) is 4.96 Å². The van der Waals surface area contributed by atoms with E-state index >= 15 is 0 Å². The van der Waals surface area contributed by atoms with Crippen molar-refractivity contribution in [1.29, 1.82) is 0 Å². The van der Waals surface area contributed by atoms with Gasteiger partial charge in [0.1, 0.15) is 0 Å². The van der Waals surface area contributed by atoms with Crippen LogP contribution in [0, 0.1) is 0 Å². The average Bonchev–Trinajstić information content (AvgIpc) is 3.33. The van der Waals surface area contributed by atoms with E-state index in [0.717, 1.165) is 24.0 Å². The third kappa shape index (κ3) is 4.93. The first kappa shape index (κ1) is 23.0. The van der Waals surface area contributed by atoms with Gasteiger partial charge in [-0.05, 0) is 41.2 Å². The maximum absolute atomic E-state index is 12.9. The van der Waals surface area contributed by atoms with E-state index in [0.29, 0.717) is 33.4 Å². The number of aromatic nitrogens is 3. The summed E-state index contributed by atoms with van der Waals surface area (Å²) in [6.07, 6.45) is 3.89. The molecule has 0 spiro atoms. The van der Waals surface area contributed by atoms with Gasteiger partial charge in [-0.15, -0.1) is 5.10 Å². The first-order chi connectivity index (χ1) is 15.8. The zero-order valence-corrected chi connectivity index (χ0v) is 20.5. The van der Waals surface area contributed by atoms with Crippen LogP contribution >= 0.6 is 11.3 Å². The lowest BCUT2D eigenvalue weighted by Crippen LogP contribution is -2.23. The SMILES string of the molecule is CCCCOc1ccc(C=c2sc3nc(-c4ccc(C(C)(C)C)cc4)nn3c2=O)cc1OC. The quantitative estimate of drug-likeness (QED) is 0.367. The summed E-state index contributed by atoms with van der Waals surface area (Å²) >= 11 is 1.33. The standard InChI is InChI=1S/C26H29N3O3S/c1-6-7-14-32-20-13-8-17(15-21(20)31-5)16-22-24(30)29-25(33-22)27-23(28-29)18-9-11-19(12-10-18)26(2,3)4/h8-13,15-16H,6-7,14H2,1-5H3. The summed E-state index contributed by atoms with van der Waals surface area (Å²) in [6.45, 7) is 9.30. The first-order valence-electron chi connectivity index (χ1n) is 11.1. The Morgan fingerprint density at radius 2 is 1.85 bits per heavy atom. The van der Waals surface area contributed by atoms with Crippen LogP contribution in [-0.4, -0.2) is 28.3 Å². The van der Waals surface area contributed by atoms with Crippen LogP contribution in [0.1, 0.15) is 51.7 Å². The van der Waals surface area contributed by atoms with E-state index in [2.05, 4.69) is 49.9 Å². The zero-order valence-electron chi connectivity index (χ0n) is 19.7. The molecule has 0 saturated carbocycles. The summed E-state index contributed by atoms with van der Waals surface area (Å²) in [6, 6.07) is 13.9. The first-order valence-corrected chi connectivity index (χ1v) is 11.9. The summed E-state index contributed by atoms with van der Waals surface area (Å²) in [4.78, 5) is 18.1. The maximum Gasteiger partial charge on any atom is 0.291 e. The molecule has 0 atom stereocenters. The van der Waals surface area contributed by atoms with E-state index in [1.54, 1.807) is 7.11 Å². The van der Waals surface area contributed by atoms with Crippen molar-refractivity contribution in [3.63, 3.8) is 0 Å². The van der Waals surface area contributed by atoms with Crippen LogP contribution in [0.4, 0.5) is 0 Å². The number of fused-ring (bicyclic) bond motifs is 1. The molecule has 4 aromatic rings. The van der Waals surface area contributed by atoms with Crippen molar-refractivity contribution >= 4 is 22.4 Å². The molecule has 0 saturated heterocycles. The number of hydrogen-bond acceptors (Lipinski definition) is 6. The average molecular weight is 464 g/mol. The summed E-state index contributed by atoms with van der Waals surface area (Å²) < 4.78 is 13.2. The Labute approximate surface area is 197 Å². The Morgan fingerprint density at radius 1 is 1.09 bits per heavy atom. The topological polar surface area (TPSA) is 65.7 Å². The van der Waals surface area contributed by atoms with E-state index in [-0.39, 0.29) is 11.0 Å². The van der Waals surface area contributed by atoms with Gasteiger partial charge >= 0.3 is 0 Å². The highest BCUT2D eigenvalue weighted by molar-refractivity contribution is 7.15. The number of methoxy groups -OCH3 is 1.